The molecule has 0 aliphatic carbocycles. The normalized spacial score (nSPS) is 14.9. The highest BCUT2D eigenvalue weighted by atomic mass is 16.5. The number of hydrogen-bond donors (Lipinski definition) is 1. The maximum absolute atomic E-state index is 12.5. The molecule has 3 rings (SSSR count). The molecule has 22 heavy (non-hydrogen) atoms. The second kappa shape index (κ2) is 6.05. The summed E-state index contributed by atoms with van der Waals surface area (Å²) in [6, 6.07) is 7.34. The van der Waals surface area contributed by atoms with Crippen LogP contribution in [0.3, 0.4) is 0 Å². The number of para-hydroxylation sites is 2. The van der Waals surface area contributed by atoms with E-state index in [1.807, 2.05) is 24.3 Å². The van der Waals surface area contributed by atoms with Crippen molar-refractivity contribution < 1.29 is 9.53 Å². The quantitative estimate of drug-likeness (QED) is 0.928. The molecule has 1 aromatic heterocycles. The molecule has 1 aliphatic rings. The Morgan fingerprint density at radius 2 is 1.95 bits per heavy atom. The Morgan fingerprint density at radius 3 is 2.68 bits per heavy atom. The number of aromatic nitrogens is 3. The number of methoxy groups -OCH3 is 1. The van der Waals surface area contributed by atoms with Gasteiger partial charge >= 0.3 is 0 Å². The predicted octanol–water partition coefficient (Wildman–Crippen LogP) is 1.48. The molecule has 2 aromatic rings. The van der Waals surface area contributed by atoms with Gasteiger partial charge in [0, 0.05) is 13.1 Å². The molecule has 0 unspecified atom stereocenters. The maximum Gasteiger partial charge on any atom is 0.278 e. The molecule has 1 fully saturated rings. The van der Waals surface area contributed by atoms with Crippen molar-refractivity contribution in [2.75, 3.05) is 25.9 Å². The zero-order valence-electron chi connectivity index (χ0n) is 12.5. The average Bonchev–Trinajstić information content (AvgIpc) is 2.96. The van der Waals surface area contributed by atoms with Gasteiger partial charge in [-0.15, -0.1) is 5.10 Å². The van der Waals surface area contributed by atoms with Crippen LogP contribution in [0, 0.1) is 0 Å². The van der Waals surface area contributed by atoms with Gasteiger partial charge in [-0.05, 0) is 31.4 Å². The van der Waals surface area contributed by atoms with E-state index in [1.165, 1.54) is 4.68 Å². The number of nitrogens with two attached hydrogens (primary N) is 1. The Hall–Kier alpha value is -2.57. The number of carbonyl (C=O) groups is 1. The van der Waals surface area contributed by atoms with Gasteiger partial charge in [0.1, 0.15) is 11.4 Å². The molecule has 2 N–H and O–H groups in total. The summed E-state index contributed by atoms with van der Waals surface area (Å²) >= 11 is 0. The minimum absolute atomic E-state index is 0.154. The van der Waals surface area contributed by atoms with E-state index in [-0.39, 0.29) is 17.4 Å². The Morgan fingerprint density at radius 1 is 1.23 bits per heavy atom. The third-order valence-electron chi connectivity index (χ3n) is 3.86. The van der Waals surface area contributed by atoms with Crippen molar-refractivity contribution in [1.29, 1.82) is 0 Å². The number of nitrogen functional groups attached to an aromatic ring is 1. The number of piperidine rings is 1. The van der Waals surface area contributed by atoms with Crippen LogP contribution >= 0.6 is 0 Å². The molecule has 2 heterocycles. The highest BCUT2D eigenvalue weighted by molar-refractivity contribution is 5.96. The summed E-state index contributed by atoms with van der Waals surface area (Å²) in [4.78, 5) is 14.3. The monoisotopic (exact) mass is 301 g/mol. The van der Waals surface area contributed by atoms with Crippen LogP contribution in [0.1, 0.15) is 29.8 Å². The van der Waals surface area contributed by atoms with Gasteiger partial charge in [0.2, 0.25) is 0 Å². The van der Waals surface area contributed by atoms with E-state index in [0.29, 0.717) is 11.4 Å². The summed E-state index contributed by atoms with van der Waals surface area (Å²) in [5.74, 6) is 0.703. The van der Waals surface area contributed by atoms with Gasteiger partial charge in [-0.25, -0.2) is 0 Å². The van der Waals surface area contributed by atoms with Gasteiger partial charge in [0.05, 0.1) is 7.11 Å². The Labute approximate surface area is 128 Å². The first-order chi connectivity index (χ1) is 10.7. The topological polar surface area (TPSA) is 86.3 Å². The Bertz CT molecular complexity index is 676. The summed E-state index contributed by atoms with van der Waals surface area (Å²) in [7, 11) is 1.58. The zero-order valence-corrected chi connectivity index (χ0v) is 12.5. The molecule has 7 heteroatoms. The second-order valence-electron chi connectivity index (χ2n) is 5.26. The van der Waals surface area contributed by atoms with E-state index in [1.54, 1.807) is 12.0 Å². The Balaban J connectivity index is 1.93. The number of hydrogen-bond acceptors (Lipinski definition) is 5. The fourth-order valence-corrected chi connectivity index (χ4v) is 2.67. The Kier molecular flexibility index (Phi) is 3.95. The molecule has 0 spiro atoms. The largest absolute Gasteiger partial charge is 0.494 e. The fraction of sp³-hybridized carbons (Fsp3) is 0.400. The van der Waals surface area contributed by atoms with Gasteiger partial charge in [-0.2, -0.15) is 4.68 Å². The molecule has 7 nitrogen and oxygen atoms in total. The van der Waals surface area contributed by atoms with Crippen LogP contribution in [0.25, 0.3) is 5.69 Å². The maximum atomic E-state index is 12.5. The van der Waals surface area contributed by atoms with Crippen molar-refractivity contribution in [3.05, 3.63) is 30.0 Å². The first-order valence-electron chi connectivity index (χ1n) is 7.36. The summed E-state index contributed by atoms with van der Waals surface area (Å²) in [5, 5.41) is 8.01. The minimum atomic E-state index is -0.154. The molecule has 116 valence electrons. The number of carbonyl (C=O) groups excluding carboxylic acids is 1. The molecular formula is C15H19N5O2. The van der Waals surface area contributed by atoms with Gasteiger partial charge in [-0.1, -0.05) is 17.3 Å². The summed E-state index contributed by atoms with van der Waals surface area (Å²) in [6.07, 6.45) is 3.20. The van der Waals surface area contributed by atoms with E-state index in [2.05, 4.69) is 10.3 Å². The lowest BCUT2D eigenvalue weighted by Gasteiger charge is -2.25. The van der Waals surface area contributed by atoms with Gasteiger partial charge in [0.15, 0.2) is 11.5 Å². The molecule has 0 radical (unpaired) electrons. The molecule has 0 atom stereocenters. The lowest BCUT2D eigenvalue weighted by molar-refractivity contribution is 0.0719. The lowest BCUT2D eigenvalue weighted by Crippen LogP contribution is -2.36. The van der Waals surface area contributed by atoms with Crippen molar-refractivity contribution in [3.63, 3.8) is 0 Å². The number of benzene rings is 1. The molecular weight excluding hydrogens is 282 g/mol. The fourth-order valence-electron chi connectivity index (χ4n) is 2.67. The molecule has 0 bridgehead atoms. The van der Waals surface area contributed by atoms with Crippen molar-refractivity contribution in [2.45, 2.75) is 19.3 Å². The van der Waals surface area contributed by atoms with Crippen LogP contribution in [0.15, 0.2) is 24.3 Å². The van der Waals surface area contributed by atoms with E-state index < -0.39 is 0 Å². The molecule has 0 saturated carbocycles. The number of likely N-dealkylation sites (tertiary alicyclic amines) is 1. The van der Waals surface area contributed by atoms with E-state index in [0.717, 1.165) is 32.4 Å². The second-order valence-corrected chi connectivity index (χ2v) is 5.26. The third kappa shape index (κ3) is 2.49. The van der Waals surface area contributed by atoms with Crippen LogP contribution in [0.5, 0.6) is 5.75 Å². The highest BCUT2D eigenvalue weighted by Gasteiger charge is 2.25. The van der Waals surface area contributed by atoms with Crippen LogP contribution in [-0.4, -0.2) is 46.0 Å². The van der Waals surface area contributed by atoms with Crippen LogP contribution < -0.4 is 10.5 Å². The van der Waals surface area contributed by atoms with E-state index in [9.17, 15) is 4.79 Å². The van der Waals surface area contributed by atoms with Crippen LogP contribution in [-0.2, 0) is 0 Å². The van der Waals surface area contributed by atoms with Crippen LogP contribution in [0.2, 0.25) is 0 Å². The van der Waals surface area contributed by atoms with Crippen LogP contribution in [0.4, 0.5) is 5.82 Å². The number of amides is 1. The van der Waals surface area contributed by atoms with Gasteiger partial charge in [-0.3, -0.25) is 4.79 Å². The van der Waals surface area contributed by atoms with E-state index in [4.69, 9.17) is 10.5 Å². The smallest absolute Gasteiger partial charge is 0.278 e. The number of anilines is 1. The van der Waals surface area contributed by atoms with Crippen molar-refractivity contribution in [3.8, 4) is 11.4 Å². The highest BCUT2D eigenvalue weighted by Crippen LogP contribution is 2.25. The average molecular weight is 301 g/mol. The first kappa shape index (κ1) is 14.4. The third-order valence-corrected chi connectivity index (χ3v) is 3.86. The lowest BCUT2D eigenvalue weighted by atomic mass is 10.1. The molecule has 1 aliphatic heterocycles. The summed E-state index contributed by atoms with van der Waals surface area (Å²) in [6.45, 7) is 1.50. The minimum Gasteiger partial charge on any atom is -0.494 e. The van der Waals surface area contributed by atoms with Gasteiger partial charge < -0.3 is 15.4 Å². The zero-order chi connectivity index (χ0) is 15.5. The molecule has 1 amide bonds. The SMILES string of the molecule is COc1ccccc1-n1nnc(C(=O)N2CCCCC2)c1N. The number of nitrogens with zero attached hydrogens (tertiary/aromatic N) is 4. The first-order valence-corrected chi connectivity index (χ1v) is 7.36. The summed E-state index contributed by atoms with van der Waals surface area (Å²) < 4.78 is 6.74. The van der Waals surface area contributed by atoms with Gasteiger partial charge in [0.25, 0.3) is 5.91 Å². The van der Waals surface area contributed by atoms with Crippen molar-refractivity contribution >= 4 is 11.7 Å². The standard InChI is InChI=1S/C15H19N5O2/c1-22-12-8-4-3-7-11(12)20-14(16)13(17-18-20)15(21)19-9-5-2-6-10-19/h3-4,7-8H,2,5-6,9-10,16H2,1H3. The summed E-state index contributed by atoms with van der Waals surface area (Å²) in [5.41, 5.74) is 6.96. The molecule has 1 saturated heterocycles. The molecule has 1 aromatic carbocycles. The number of rotatable bonds is 3. The predicted molar refractivity (Wildman–Crippen MR) is 82.1 cm³/mol. The van der Waals surface area contributed by atoms with E-state index >= 15 is 0 Å². The van der Waals surface area contributed by atoms with Crippen molar-refractivity contribution in [1.82, 2.24) is 19.9 Å². The number of ether oxygens (including phenoxy) is 1. The van der Waals surface area contributed by atoms with Crippen molar-refractivity contribution in [2.24, 2.45) is 0 Å².